The maximum absolute atomic E-state index is 11.9. The fourth-order valence-corrected chi connectivity index (χ4v) is 2.06. The lowest BCUT2D eigenvalue weighted by Gasteiger charge is -2.24. The van der Waals surface area contributed by atoms with Gasteiger partial charge in [0.05, 0.1) is 0 Å². The van der Waals surface area contributed by atoms with E-state index in [0.717, 1.165) is 18.6 Å². The lowest BCUT2D eigenvalue weighted by atomic mass is 10.2. The highest BCUT2D eigenvalue weighted by Crippen LogP contribution is 2.03. The van der Waals surface area contributed by atoms with Crippen LogP contribution in [0.25, 0.3) is 0 Å². The summed E-state index contributed by atoms with van der Waals surface area (Å²) in [4.78, 5) is 24.7. The van der Waals surface area contributed by atoms with Crippen molar-refractivity contribution in [2.75, 3.05) is 25.1 Å². The van der Waals surface area contributed by atoms with E-state index in [-0.39, 0.29) is 6.03 Å². The van der Waals surface area contributed by atoms with Gasteiger partial charge in [-0.3, -0.25) is 0 Å². The summed E-state index contributed by atoms with van der Waals surface area (Å²) in [5, 5.41) is 11.6. The van der Waals surface area contributed by atoms with Crippen LogP contribution in [0.5, 0.6) is 0 Å². The minimum absolute atomic E-state index is 0.271. The zero-order valence-corrected chi connectivity index (χ0v) is 12.3. The molecule has 0 saturated carbocycles. The number of nitrogens with zero attached hydrogens (tertiary/aromatic N) is 1. The van der Waals surface area contributed by atoms with Crippen LogP contribution in [0.1, 0.15) is 33.1 Å². The van der Waals surface area contributed by atoms with Gasteiger partial charge in [-0.05, 0) is 31.3 Å². The van der Waals surface area contributed by atoms with Crippen LogP contribution in [0.3, 0.4) is 0 Å². The Kier molecular flexibility index (Phi) is 9.55. The van der Waals surface area contributed by atoms with E-state index in [1.54, 1.807) is 16.7 Å². The summed E-state index contributed by atoms with van der Waals surface area (Å²) in [6, 6.07) is -1.06. The van der Waals surface area contributed by atoms with Gasteiger partial charge >= 0.3 is 12.0 Å². The third kappa shape index (κ3) is 6.74. The molecule has 0 heterocycles. The molecule has 0 aliphatic carbocycles. The number of urea groups is 1. The van der Waals surface area contributed by atoms with Crippen molar-refractivity contribution in [3.8, 4) is 0 Å². The molecule has 0 fully saturated rings. The van der Waals surface area contributed by atoms with E-state index < -0.39 is 12.0 Å². The number of thioether (sulfide) groups is 1. The van der Waals surface area contributed by atoms with Crippen LogP contribution in [0.4, 0.5) is 4.79 Å². The SMILES string of the molecule is CCCN(CCC)C(=O)NC(CCSC)C(=O)O. The highest BCUT2D eigenvalue weighted by atomic mass is 32.2. The Balaban J connectivity index is 4.39. The van der Waals surface area contributed by atoms with E-state index in [4.69, 9.17) is 5.11 Å². The van der Waals surface area contributed by atoms with E-state index in [1.807, 2.05) is 20.1 Å². The first-order valence-electron chi connectivity index (χ1n) is 6.33. The van der Waals surface area contributed by atoms with E-state index in [1.165, 1.54) is 0 Å². The fraction of sp³-hybridized carbons (Fsp3) is 0.833. The van der Waals surface area contributed by atoms with E-state index >= 15 is 0 Å². The highest BCUT2D eigenvalue weighted by molar-refractivity contribution is 7.98. The number of nitrogens with one attached hydrogen (secondary N) is 1. The maximum atomic E-state index is 11.9. The van der Waals surface area contributed by atoms with Crippen LogP contribution in [0.15, 0.2) is 0 Å². The number of rotatable bonds is 9. The number of aliphatic carboxylic acids is 1. The van der Waals surface area contributed by atoms with Gasteiger partial charge in [-0.25, -0.2) is 9.59 Å². The van der Waals surface area contributed by atoms with Crippen molar-refractivity contribution in [2.24, 2.45) is 0 Å². The van der Waals surface area contributed by atoms with Gasteiger partial charge in [0.25, 0.3) is 0 Å². The van der Waals surface area contributed by atoms with Gasteiger partial charge in [0, 0.05) is 13.1 Å². The minimum atomic E-state index is -0.967. The molecule has 18 heavy (non-hydrogen) atoms. The Hall–Kier alpha value is -0.910. The molecular weight excluding hydrogens is 252 g/mol. The first-order valence-corrected chi connectivity index (χ1v) is 7.73. The van der Waals surface area contributed by atoms with Crippen LogP contribution < -0.4 is 5.32 Å². The van der Waals surface area contributed by atoms with Crippen LogP contribution in [-0.2, 0) is 4.79 Å². The molecule has 1 unspecified atom stereocenters. The van der Waals surface area contributed by atoms with Crippen molar-refractivity contribution in [1.29, 1.82) is 0 Å². The Morgan fingerprint density at radius 3 is 2.22 bits per heavy atom. The molecule has 6 heteroatoms. The molecule has 2 N–H and O–H groups in total. The van der Waals surface area contributed by atoms with Crippen LogP contribution in [0, 0.1) is 0 Å². The molecule has 0 aliphatic rings. The number of carboxylic acid groups (broad SMARTS) is 1. The van der Waals surface area contributed by atoms with Crippen molar-refractivity contribution in [3.63, 3.8) is 0 Å². The summed E-state index contributed by atoms with van der Waals surface area (Å²) in [5.41, 5.74) is 0. The van der Waals surface area contributed by atoms with Gasteiger partial charge in [-0.2, -0.15) is 11.8 Å². The Labute approximate surface area is 113 Å². The third-order valence-electron chi connectivity index (χ3n) is 2.48. The largest absolute Gasteiger partial charge is 0.480 e. The number of carbonyl (C=O) groups excluding carboxylic acids is 1. The molecule has 0 aliphatic heterocycles. The van der Waals surface area contributed by atoms with Gasteiger partial charge in [-0.1, -0.05) is 13.8 Å². The predicted octanol–water partition coefficient (Wildman–Crippen LogP) is 2.02. The molecule has 0 spiro atoms. The van der Waals surface area contributed by atoms with Gasteiger partial charge < -0.3 is 15.3 Å². The second kappa shape index (κ2) is 10.1. The molecule has 1 atom stereocenters. The molecule has 5 nitrogen and oxygen atoms in total. The van der Waals surface area contributed by atoms with E-state index in [2.05, 4.69) is 5.32 Å². The summed E-state index contributed by atoms with van der Waals surface area (Å²) >= 11 is 1.58. The molecule has 0 saturated heterocycles. The van der Waals surface area contributed by atoms with Crippen molar-refractivity contribution in [1.82, 2.24) is 10.2 Å². The van der Waals surface area contributed by atoms with Crippen LogP contribution in [0.2, 0.25) is 0 Å². The normalized spacial score (nSPS) is 11.9. The summed E-state index contributed by atoms with van der Waals surface area (Å²) < 4.78 is 0. The molecular formula is C12H24N2O3S. The third-order valence-corrected chi connectivity index (χ3v) is 3.12. The Bertz CT molecular complexity index is 256. The van der Waals surface area contributed by atoms with Crippen LogP contribution >= 0.6 is 11.8 Å². The second-order valence-corrected chi connectivity index (χ2v) is 5.09. The Morgan fingerprint density at radius 1 is 1.28 bits per heavy atom. The predicted molar refractivity (Wildman–Crippen MR) is 75.1 cm³/mol. The maximum Gasteiger partial charge on any atom is 0.326 e. The summed E-state index contributed by atoms with van der Waals surface area (Å²) in [7, 11) is 0. The minimum Gasteiger partial charge on any atom is -0.480 e. The van der Waals surface area contributed by atoms with Crippen molar-refractivity contribution in [2.45, 2.75) is 39.2 Å². The zero-order valence-electron chi connectivity index (χ0n) is 11.4. The smallest absolute Gasteiger partial charge is 0.326 e. The number of amides is 2. The zero-order chi connectivity index (χ0) is 14.0. The number of hydrogen-bond donors (Lipinski definition) is 2. The molecule has 0 aromatic rings. The average Bonchev–Trinajstić information content (AvgIpc) is 2.33. The number of hydrogen-bond acceptors (Lipinski definition) is 3. The quantitative estimate of drug-likeness (QED) is 0.676. The number of carboxylic acids is 1. The van der Waals surface area contributed by atoms with Crippen LogP contribution in [-0.4, -0.2) is 53.1 Å². The van der Waals surface area contributed by atoms with Crippen molar-refractivity contribution in [3.05, 3.63) is 0 Å². The second-order valence-electron chi connectivity index (χ2n) is 4.11. The summed E-state index contributed by atoms with van der Waals surface area (Å²) in [5.74, 6) is -0.246. The standard InChI is InChI=1S/C12H24N2O3S/c1-4-7-14(8-5-2)12(17)13-10(11(15)16)6-9-18-3/h10H,4-9H2,1-3H3,(H,13,17)(H,15,16). The highest BCUT2D eigenvalue weighted by Gasteiger charge is 2.21. The summed E-state index contributed by atoms with van der Waals surface area (Å²) in [6.07, 6.45) is 4.11. The topological polar surface area (TPSA) is 69.6 Å². The van der Waals surface area contributed by atoms with Gasteiger partial charge in [0.15, 0.2) is 0 Å². The average molecular weight is 276 g/mol. The fourth-order valence-electron chi connectivity index (χ4n) is 1.59. The summed E-state index contributed by atoms with van der Waals surface area (Å²) in [6.45, 7) is 5.32. The van der Waals surface area contributed by atoms with Gasteiger partial charge in [-0.15, -0.1) is 0 Å². The van der Waals surface area contributed by atoms with Gasteiger partial charge in [0.2, 0.25) is 0 Å². The Morgan fingerprint density at radius 2 is 1.83 bits per heavy atom. The van der Waals surface area contributed by atoms with Gasteiger partial charge in [0.1, 0.15) is 6.04 Å². The molecule has 0 radical (unpaired) electrons. The van der Waals surface area contributed by atoms with E-state index in [0.29, 0.717) is 19.5 Å². The molecule has 106 valence electrons. The van der Waals surface area contributed by atoms with E-state index in [9.17, 15) is 9.59 Å². The molecule has 0 aromatic heterocycles. The lowest BCUT2D eigenvalue weighted by Crippen LogP contribution is -2.48. The first kappa shape index (κ1) is 17.1. The van der Waals surface area contributed by atoms with Crippen molar-refractivity contribution >= 4 is 23.8 Å². The first-order chi connectivity index (χ1) is 8.56. The molecule has 0 rings (SSSR count). The molecule has 2 amide bonds. The lowest BCUT2D eigenvalue weighted by molar-refractivity contribution is -0.139. The number of carbonyl (C=O) groups is 2. The molecule has 0 aromatic carbocycles. The molecule has 0 bridgehead atoms. The monoisotopic (exact) mass is 276 g/mol. The van der Waals surface area contributed by atoms with Crippen molar-refractivity contribution < 1.29 is 14.7 Å².